The number of nitro groups is 1. The van der Waals surface area contributed by atoms with Gasteiger partial charge in [0.25, 0.3) is 5.69 Å². The van der Waals surface area contributed by atoms with Crippen molar-refractivity contribution in [3.63, 3.8) is 0 Å². The molecule has 3 aromatic carbocycles. The largest absolute Gasteiger partial charge is 0.347 e. The van der Waals surface area contributed by atoms with E-state index in [9.17, 15) is 10.1 Å². The van der Waals surface area contributed by atoms with Crippen molar-refractivity contribution in [3.8, 4) is 0 Å². The predicted octanol–water partition coefficient (Wildman–Crippen LogP) is 5.36. The van der Waals surface area contributed by atoms with E-state index >= 15 is 0 Å². The smallest absolute Gasteiger partial charge is 0.269 e. The summed E-state index contributed by atoms with van der Waals surface area (Å²) in [5.41, 5.74) is 4.15. The van der Waals surface area contributed by atoms with E-state index in [2.05, 4.69) is 42.2 Å². The fourth-order valence-electron chi connectivity index (χ4n) is 4.66. The minimum absolute atomic E-state index is 0.0630. The second-order valence-corrected chi connectivity index (χ2v) is 7.86. The minimum Gasteiger partial charge on any atom is -0.347 e. The highest BCUT2D eigenvalue weighted by molar-refractivity contribution is 6.04. The predicted molar refractivity (Wildman–Crippen MR) is 118 cm³/mol. The molecule has 0 radical (unpaired) electrons. The highest BCUT2D eigenvalue weighted by atomic mass is 16.6. The van der Waals surface area contributed by atoms with E-state index < -0.39 is 0 Å². The highest BCUT2D eigenvalue weighted by Gasteiger charge is 2.57. The lowest BCUT2D eigenvalue weighted by Crippen LogP contribution is -2.65. The van der Waals surface area contributed by atoms with Gasteiger partial charge in [0.2, 0.25) is 0 Å². The molecular formula is C25H21N3O2. The first-order chi connectivity index (χ1) is 14.6. The van der Waals surface area contributed by atoms with Gasteiger partial charge in [-0.1, -0.05) is 72.8 Å². The van der Waals surface area contributed by atoms with Crippen molar-refractivity contribution in [1.29, 1.82) is 0 Å². The van der Waals surface area contributed by atoms with Crippen LogP contribution in [0.25, 0.3) is 5.70 Å². The number of non-ortho nitro benzene ring substituents is 1. The molecule has 0 aromatic heterocycles. The molecule has 3 aromatic rings. The summed E-state index contributed by atoms with van der Waals surface area (Å²) in [5, 5.41) is 11.1. The number of nitrogens with zero attached hydrogens (tertiary/aromatic N) is 3. The minimum atomic E-state index is -0.358. The molecule has 1 saturated heterocycles. The Hall–Kier alpha value is -3.73. The molecule has 2 heterocycles. The molecule has 0 amide bonds. The molecule has 0 unspecified atom stereocenters. The fourth-order valence-corrected chi connectivity index (χ4v) is 4.66. The lowest BCUT2D eigenvalue weighted by Gasteiger charge is -2.59. The Labute approximate surface area is 175 Å². The van der Waals surface area contributed by atoms with Crippen LogP contribution in [0.2, 0.25) is 0 Å². The van der Waals surface area contributed by atoms with Crippen LogP contribution in [0, 0.1) is 10.1 Å². The standard InChI is InChI=1S/C25H21N3O2/c1-25(20-10-6-3-7-11-20)23(19-12-14-21(15-13-19)28(29)30)27-17-16-22(26-24(25)27)18-8-4-2-5-9-18/h2-16,23H,17H2,1H3/t23-,25+/m0/s1. The van der Waals surface area contributed by atoms with Gasteiger partial charge < -0.3 is 4.90 Å². The van der Waals surface area contributed by atoms with E-state index in [-0.39, 0.29) is 22.1 Å². The fraction of sp³-hybridized carbons (Fsp3) is 0.160. The molecule has 2 aliphatic heterocycles. The first-order valence-electron chi connectivity index (χ1n) is 10.0. The second kappa shape index (κ2) is 6.95. The second-order valence-electron chi connectivity index (χ2n) is 7.86. The zero-order valence-electron chi connectivity index (χ0n) is 16.6. The Morgan fingerprint density at radius 2 is 1.60 bits per heavy atom. The van der Waals surface area contributed by atoms with Crippen molar-refractivity contribution in [3.05, 3.63) is 118 Å². The van der Waals surface area contributed by atoms with Gasteiger partial charge in [-0.2, -0.15) is 0 Å². The maximum absolute atomic E-state index is 11.1. The number of amidine groups is 1. The third-order valence-corrected chi connectivity index (χ3v) is 6.17. The third kappa shape index (κ3) is 2.74. The van der Waals surface area contributed by atoms with Gasteiger partial charge in [0.1, 0.15) is 5.84 Å². The first-order valence-corrected chi connectivity index (χ1v) is 10.0. The Kier molecular flexibility index (Phi) is 4.24. The third-order valence-electron chi connectivity index (χ3n) is 6.17. The van der Waals surface area contributed by atoms with Crippen molar-refractivity contribution in [2.45, 2.75) is 18.4 Å². The van der Waals surface area contributed by atoms with Crippen LogP contribution in [0.5, 0.6) is 0 Å². The van der Waals surface area contributed by atoms with Gasteiger partial charge in [-0.25, -0.2) is 4.99 Å². The average molecular weight is 395 g/mol. The molecule has 148 valence electrons. The molecule has 0 N–H and O–H groups in total. The lowest BCUT2D eigenvalue weighted by atomic mass is 9.64. The quantitative estimate of drug-likeness (QED) is 0.441. The SMILES string of the molecule is C[C@]1(c2ccccc2)C2=NC(c3ccccc3)=CCN2[C@H]1c1ccc([N+](=O)[O-])cc1. The number of nitro benzene ring substituents is 1. The number of aliphatic imine (C=N–C) groups is 1. The summed E-state index contributed by atoms with van der Waals surface area (Å²) in [5.74, 6) is 1.04. The van der Waals surface area contributed by atoms with Gasteiger partial charge >= 0.3 is 0 Å². The van der Waals surface area contributed by atoms with E-state index in [1.165, 1.54) is 5.56 Å². The van der Waals surface area contributed by atoms with Crippen molar-refractivity contribution in [2.24, 2.45) is 4.99 Å². The van der Waals surface area contributed by atoms with Gasteiger partial charge in [0, 0.05) is 18.7 Å². The molecule has 5 rings (SSSR count). The van der Waals surface area contributed by atoms with E-state index in [4.69, 9.17) is 4.99 Å². The van der Waals surface area contributed by atoms with Crippen LogP contribution in [0.15, 0.2) is 96.0 Å². The number of hydrogen-bond acceptors (Lipinski definition) is 4. The zero-order chi connectivity index (χ0) is 20.7. The molecule has 0 saturated carbocycles. The summed E-state index contributed by atoms with van der Waals surface area (Å²) >= 11 is 0. The van der Waals surface area contributed by atoms with Gasteiger partial charge in [-0.05, 0) is 29.7 Å². The molecule has 2 atom stereocenters. The Balaban J connectivity index is 1.59. The summed E-state index contributed by atoms with van der Waals surface area (Å²) in [6.45, 7) is 2.98. The monoisotopic (exact) mass is 395 g/mol. The zero-order valence-corrected chi connectivity index (χ0v) is 16.6. The van der Waals surface area contributed by atoms with Crippen molar-refractivity contribution in [1.82, 2.24) is 4.90 Å². The van der Waals surface area contributed by atoms with Gasteiger partial charge in [0.15, 0.2) is 0 Å². The number of benzene rings is 3. The van der Waals surface area contributed by atoms with E-state index in [1.54, 1.807) is 12.1 Å². The topological polar surface area (TPSA) is 58.7 Å². The number of hydrogen-bond donors (Lipinski definition) is 0. The van der Waals surface area contributed by atoms with Crippen LogP contribution < -0.4 is 0 Å². The van der Waals surface area contributed by atoms with E-state index in [0.717, 1.165) is 29.2 Å². The average Bonchev–Trinajstić information content (AvgIpc) is 2.80. The van der Waals surface area contributed by atoms with Gasteiger partial charge in [0.05, 0.1) is 22.1 Å². The highest BCUT2D eigenvalue weighted by Crippen LogP contribution is 2.53. The van der Waals surface area contributed by atoms with Crippen LogP contribution in [0.1, 0.15) is 29.7 Å². The lowest BCUT2D eigenvalue weighted by molar-refractivity contribution is -0.384. The Morgan fingerprint density at radius 3 is 2.23 bits per heavy atom. The molecule has 30 heavy (non-hydrogen) atoms. The van der Waals surface area contributed by atoms with Gasteiger partial charge in [-0.15, -0.1) is 0 Å². The summed E-state index contributed by atoms with van der Waals surface area (Å²) in [6, 6.07) is 27.6. The van der Waals surface area contributed by atoms with Crippen molar-refractivity contribution >= 4 is 17.2 Å². The summed E-state index contributed by atoms with van der Waals surface area (Å²) in [4.78, 5) is 18.1. The van der Waals surface area contributed by atoms with Gasteiger partial charge in [-0.3, -0.25) is 10.1 Å². The molecule has 2 aliphatic rings. The van der Waals surface area contributed by atoms with Crippen molar-refractivity contribution in [2.75, 3.05) is 6.54 Å². The normalized spacial score (nSPS) is 22.4. The van der Waals surface area contributed by atoms with Crippen LogP contribution >= 0.6 is 0 Å². The van der Waals surface area contributed by atoms with Crippen LogP contribution in [0.4, 0.5) is 5.69 Å². The number of fused-ring (bicyclic) bond motifs is 1. The summed E-state index contributed by atoms with van der Waals surface area (Å²) < 4.78 is 0. The molecule has 0 bridgehead atoms. The maximum Gasteiger partial charge on any atom is 0.269 e. The molecule has 0 spiro atoms. The maximum atomic E-state index is 11.1. The van der Waals surface area contributed by atoms with E-state index in [0.29, 0.717) is 0 Å². The van der Waals surface area contributed by atoms with E-state index in [1.807, 2.05) is 48.5 Å². The van der Waals surface area contributed by atoms with Crippen LogP contribution in [-0.2, 0) is 5.41 Å². The Bertz CT molecular complexity index is 1150. The first kappa shape index (κ1) is 18.3. The molecule has 0 aliphatic carbocycles. The van der Waals surface area contributed by atoms with Crippen molar-refractivity contribution < 1.29 is 4.92 Å². The van der Waals surface area contributed by atoms with Crippen LogP contribution in [-0.4, -0.2) is 22.2 Å². The number of rotatable bonds is 4. The van der Waals surface area contributed by atoms with Crippen LogP contribution in [0.3, 0.4) is 0 Å². The summed E-state index contributed by atoms with van der Waals surface area (Å²) in [7, 11) is 0. The summed E-state index contributed by atoms with van der Waals surface area (Å²) in [6.07, 6.45) is 2.15. The molecular weight excluding hydrogens is 374 g/mol. The molecule has 1 fully saturated rings. The molecule has 5 heteroatoms. The molecule has 5 nitrogen and oxygen atoms in total. The Morgan fingerprint density at radius 1 is 0.967 bits per heavy atom.